The number of nitrogens with two attached hydrogens (primary N) is 1. The van der Waals surface area contributed by atoms with Gasteiger partial charge >= 0.3 is 0 Å². The van der Waals surface area contributed by atoms with Gasteiger partial charge in [0.2, 0.25) is 0 Å². The Morgan fingerprint density at radius 2 is 1.91 bits per heavy atom. The minimum Gasteiger partial charge on any atom is -0.399 e. The van der Waals surface area contributed by atoms with Crippen LogP contribution in [0.4, 0.5) is 10.1 Å². The first kappa shape index (κ1) is 13.7. The quantitative estimate of drug-likeness (QED) is 0.573. The molecule has 0 aliphatic heterocycles. The topological polar surface area (TPSA) is 77.6 Å². The molecule has 111 valence electrons. The van der Waals surface area contributed by atoms with Crippen molar-refractivity contribution in [3.63, 3.8) is 0 Å². The van der Waals surface area contributed by atoms with Gasteiger partial charge in [0.15, 0.2) is 6.33 Å². The number of anilines is 1. The number of thiazole rings is 1. The number of aromatic nitrogens is 4. The molecule has 3 heterocycles. The van der Waals surface area contributed by atoms with E-state index in [1.54, 1.807) is 6.07 Å². The van der Waals surface area contributed by atoms with Crippen molar-refractivity contribution in [2.24, 2.45) is 0 Å². The van der Waals surface area contributed by atoms with Crippen molar-refractivity contribution in [1.82, 2.24) is 19.9 Å². The van der Waals surface area contributed by atoms with Gasteiger partial charge in [0, 0.05) is 35.9 Å². The first-order chi connectivity index (χ1) is 11.2. The molecule has 0 saturated carbocycles. The van der Waals surface area contributed by atoms with E-state index in [1.165, 1.54) is 36.0 Å². The van der Waals surface area contributed by atoms with Crippen molar-refractivity contribution in [3.05, 3.63) is 55.0 Å². The third-order valence-corrected chi connectivity index (χ3v) is 4.37. The minimum absolute atomic E-state index is 0.358. The fourth-order valence-electron chi connectivity index (χ4n) is 2.20. The number of hydrogen-bond donors (Lipinski definition) is 1. The number of pyridine rings is 1. The van der Waals surface area contributed by atoms with Crippen LogP contribution in [0.15, 0.2) is 42.9 Å². The maximum atomic E-state index is 14.5. The normalized spacial score (nSPS) is 11.0. The predicted octanol–water partition coefficient (Wildman–Crippen LogP) is 3.34. The van der Waals surface area contributed by atoms with E-state index in [2.05, 4.69) is 26.3 Å². The molecule has 7 heteroatoms. The first-order valence-corrected chi connectivity index (χ1v) is 7.53. The zero-order valence-electron chi connectivity index (χ0n) is 11.7. The minimum atomic E-state index is -0.394. The van der Waals surface area contributed by atoms with Gasteiger partial charge in [-0.25, -0.2) is 19.3 Å². The van der Waals surface area contributed by atoms with Gasteiger partial charge in [0.25, 0.3) is 0 Å². The summed E-state index contributed by atoms with van der Waals surface area (Å²) in [5.74, 6) is -0.394. The molecule has 1 radical (unpaired) electrons. The second-order valence-electron chi connectivity index (χ2n) is 4.87. The van der Waals surface area contributed by atoms with E-state index in [0.717, 1.165) is 10.2 Å². The lowest BCUT2D eigenvalue weighted by molar-refractivity contribution is 0.630. The van der Waals surface area contributed by atoms with Gasteiger partial charge in [-0.1, -0.05) is 0 Å². The number of benzene rings is 1. The van der Waals surface area contributed by atoms with Gasteiger partial charge in [-0.15, -0.1) is 11.3 Å². The Morgan fingerprint density at radius 3 is 2.70 bits per heavy atom. The second-order valence-corrected chi connectivity index (χ2v) is 5.90. The van der Waals surface area contributed by atoms with Crippen LogP contribution >= 0.6 is 11.3 Å². The lowest BCUT2D eigenvalue weighted by atomic mass is 10.2. The van der Waals surface area contributed by atoms with Crippen LogP contribution in [-0.4, -0.2) is 19.9 Å². The lowest BCUT2D eigenvalue weighted by Crippen LogP contribution is -1.91. The van der Waals surface area contributed by atoms with Crippen molar-refractivity contribution in [2.75, 3.05) is 5.73 Å². The zero-order chi connectivity index (χ0) is 15.8. The molecule has 0 spiro atoms. The molecule has 0 aliphatic rings. The van der Waals surface area contributed by atoms with Crippen LogP contribution in [0.1, 0.15) is 0 Å². The lowest BCUT2D eigenvalue weighted by Gasteiger charge is -2.02. The van der Waals surface area contributed by atoms with Gasteiger partial charge in [0.05, 0.1) is 21.5 Å². The molecule has 4 rings (SSSR count). The van der Waals surface area contributed by atoms with E-state index in [4.69, 9.17) is 5.73 Å². The molecule has 4 aromatic rings. The van der Waals surface area contributed by atoms with E-state index < -0.39 is 5.82 Å². The van der Waals surface area contributed by atoms with Crippen LogP contribution in [-0.2, 0) is 0 Å². The molecule has 0 amide bonds. The second kappa shape index (κ2) is 5.36. The molecule has 0 saturated heterocycles. The first-order valence-electron chi connectivity index (χ1n) is 6.71. The molecule has 0 fully saturated rings. The zero-order valence-corrected chi connectivity index (χ0v) is 12.5. The molecular formula is C16H9FN5S. The van der Waals surface area contributed by atoms with E-state index >= 15 is 0 Å². The molecule has 5 nitrogen and oxygen atoms in total. The average molecular weight is 322 g/mol. The largest absolute Gasteiger partial charge is 0.399 e. The summed E-state index contributed by atoms with van der Waals surface area (Å²) >= 11 is 1.38. The van der Waals surface area contributed by atoms with E-state index in [9.17, 15) is 4.39 Å². The van der Waals surface area contributed by atoms with Crippen LogP contribution < -0.4 is 5.73 Å². The third-order valence-electron chi connectivity index (χ3n) is 3.31. The van der Waals surface area contributed by atoms with Crippen molar-refractivity contribution < 1.29 is 4.39 Å². The molecule has 2 N–H and O–H groups in total. The van der Waals surface area contributed by atoms with E-state index in [0.29, 0.717) is 27.5 Å². The van der Waals surface area contributed by atoms with Crippen molar-refractivity contribution in [3.8, 4) is 21.8 Å². The summed E-state index contributed by atoms with van der Waals surface area (Å²) in [5.41, 5.74) is 8.66. The maximum absolute atomic E-state index is 14.5. The Balaban J connectivity index is 1.79. The molecule has 1 aromatic carbocycles. The van der Waals surface area contributed by atoms with Gasteiger partial charge in [0.1, 0.15) is 10.8 Å². The molecule has 0 bridgehead atoms. The third kappa shape index (κ3) is 2.51. The van der Waals surface area contributed by atoms with Crippen LogP contribution in [0.25, 0.3) is 32.0 Å². The SMILES string of the molecule is Nc1ccc2nc(-c3cnc(-c4cn[c]nc4)cc3F)sc2c1. The summed E-state index contributed by atoms with van der Waals surface area (Å²) < 4.78 is 15.4. The number of fused-ring (bicyclic) bond motifs is 1. The monoisotopic (exact) mass is 322 g/mol. The average Bonchev–Trinajstić information content (AvgIpc) is 2.98. The Hall–Kier alpha value is -2.93. The van der Waals surface area contributed by atoms with Gasteiger partial charge in [-0.2, -0.15) is 0 Å². The molecule has 0 atom stereocenters. The summed E-state index contributed by atoms with van der Waals surface area (Å²) in [4.78, 5) is 16.3. The van der Waals surface area contributed by atoms with E-state index in [-0.39, 0.29) is 0 Å². The van der Waals surface area contributed by atoms with E-state index in [1.807, 2.05) is 12.1 Å². The molecule has 0 aliphatic carbocycles. The standard InChI is InChI=1S/C16H9FN5S/c17-12-4-14(9-5-19-8-20-6-9)21-7-11(12)16-22-13-2-1-10(18)3-15(13)23-16/h1-7H,18H2. The smallest absolute Gasteiger partial charge is 0.197 e. The summed E-state index contributed by atoms with van der Waals surface area (Å²) in [5, 5.41) is 0.569. The van der Waals surface area contributed by atoms with Crippen molar-refractivity contribution >= 4 is 27.2 Å². The Bertz CT molecular complexity index is 1000. The number of nitrogen functional groups attached to an aromatic ring is 1. The maximum Gasteiger partial charge on any atom is 0.197 e. The van der Waals surface area contributed by atoms with Crippen LogP contribution in [0.2, 0.25) is 0 Å². The van der Waals surface area contributed by atoms with Gasteiger partial charge in [-0.3, -0.25) is 4.98 Å². The van der Waals surface area contributed by atoms with Crippen molar-refractivity contribution in [1.29, 1.82) is 0 Å². The molecule has 0 unspecified atom stereocenters. The number of rotatable bonds is 2. The Labute approximate surface area is 134 Å². The van der Waals surface area contributed by atoms with Gasteiger partial charge < -0.3 is 5.73 Å². The Kier molecular flexibility index (Phi) is 3.20. The highest BCUT2D eigenvalue weighted by Crippen LogP contribution is 2.33. The molecule has 23 heavy (non-hydrogen) atoms. The summed E-state index contributed by atoms with van der Waals surface area (Å²) in [7, 11) is 0. The number of halogens is 1. The molecule has 3 aromatic heterocycles. The predicted molar refractivity (Wildman–Crippen MR) is 87.1 cm³/mol. The summed E-state index contributed by atoms with van der Waals surface area (Å²) in [6.45, 7) is 0. The van der Waals surface area contributed by atoms with Crippen LogP contribution in [0, 0.1) is 12.1 Å². The highest BCUT2D eigenvalue weighted by molar-refractivity contribution is 7.21. The van der Waals surface area contributed by atoms with Crippen LogP contribution in [0.3, 0.4) is 0 Å². The van der Waals surface area contributed by atoms with Crippen molar-refractivity contribution in [2.45, 2.75) is 0 Å². The Morgan fingerprint density at radius 1 is 1.09 bits per heavy atom. The number of hydrogen-bond acceptors (Lipinski definition) is 6. The number of nitrogens with zero attached hydrogens (tertiary/aromatic N) is 4. The fourth-order valence-corrected chi connectivity index (χ4v) is 3.22. The highest BCUT2D eigenvalue weighted by atomic mass is 32.1. The summed E-state index contributed by atoms with van der Waals surface area (Å²) in [6, 6.07) is 6.78. The fraction of sp³-hybridized carbons (Fsp3) is 0. The van der Waals surface area contributed by atoms with Gasteiger partial charge in [-0.05, 0) is 18.2 Å². The molecular weight excluding hydrogens is 313 g/mol. The summed E-state index contributed by atoms with van der Waals surface area (Å²) in [6.07, 6.45) is 6.98. The highest BCUT2D eigenvalue weighted by Gasteiger charge is 2.13. The van der Waals surface area contributed by atoms with Crippen LogP contribution in [0.5, 0.6) is 0 Å².